The fourth-order valence-electron chi connectivity index (χ4n) is 2.18. The average molecular weight is 289 g/mol. The lowest BCUT2D eigenvalue weighted by Crippen LogP contribution is -2.42. The molecule has 1 amide bonds. The van der Waals surface area contributed by atoms with Crippen molar-refractivity contribution in [2.75, 3.05) is 25.0 Å². The van der Waals surface area contributed by atoms with Crippen LogP contribution in [0.15, 0.2) is 6.07 Å². The summed E-state index contributed by atoms with van der Waals surface area (Å²) in [6.07, 6.45) is 1.83. The Morgan fingerprint density at radius 1 is 1.50 bits per heavy atom. The number of carbonyl (C=O) groups is 1. The second-order valence-corrected chi connectivity index (χ2v) is 4.99. The highest BCUT2D eigenvalue weighted by atomic mass is 35.5. The minimum absolute atomic E-state index is 0.0215. The van der Waals surface area contributed by atoms with E-state index in [-0.39, 0.29) is 11.8 Å². The summed E-state index contributed by atoms with van der Waals surface area (Å²) in [6, 6.07) is 1.68. The number of aromatic nitrogens is 2. The molecule has 1 fully saturated rings. The topological polar surface area (TPSA) is 58.1 Å². The predicted molar refractivity (Wildman–Crippen MR) is 71.1 cm³/mol. The molecule has 1 aromatic rings. The lowest BCUT2D eigenvalue weighted by Gasteiger charge is -2.33. The summed E-state index contributed by atoms with van der Waals surface area (Å²) in [4.78, 5) is 13.7. The summed E-state index contributed by atoms with van der Waals surface area (Å²) in [5, 5.41) is 10.8. The van der Waals surface area contributed by atoms with Crippen molar-refractivity contribution in [3.05, 3.63) is 16.4 Å². The molecule has 1 atom stereocenters. The number of anilines is 1. The van der Waals surface area contributed by atoms with Crippen LogP contribution in [0.1, 0.15) is 12.8 Å². The first-order chi connectivity index (χ1) is 8.61. The van der Waals surface area contributed by atoms with E-state index in [0.29, 0.717) is 16.9 Å². The molecule has 0 aromatic carbocycles. The zero-order valence-electron chi connectivity index (χ0n) is 9.99. The lowest BCUT2D eigenvalue weighted by molar-refractivity contribution is -0.124. The van der Waals surface area contributed by atoms with Gasteiger partial charge in [0, 0.05) is 26.2 Å². The second-order valence-electron chi connectivity index (χ2n) is 4.24. The van der Waals surface area contributed by atoms with Crippen molar-refractivity contribution in [2.45, 2.75) is 12.8 Å². The van der Waals surface area contributed by atoms with Crippen LogP contribution in [0.25, 0.3) is 0 Å². The minimum Gasteiger partial charge on any atom is -0.368 e. The highest BCUT2D eigenvalue weighted by molar-refractivity contribution is 6.33. The van der Waals surface area contributed by atoms with E-state index in [1.54, 1.807) is 13.1 Å². The summed E-state index contributed by atoms with van der Waals surface area (Å²) in [6.45, 7) is 1.47. The quantitative estimate of drug-likeness (QED) is 0.901. The Morgan fingerprint density at radius 3 is 3.00 bits per heavy atom. The van der Waals surface area contributed by atoms with Gasteiger partial charge >= 0.3 is 0 Å². The number of amides is 1. The molecule has 2 heterocycles. The smallest absolute Gasteiger partial charge is 0.224 e. The van der Waals surface area contributed by atoms with Crippen molar-refractivity contribution in [1.82, 2.24) is 15.5 Å². The van der Waals surface area contributed by atoms with Gasteiger partial charge in [-0.25, -0.2) is 0 Å². The van der Waals surface area contributed by atoms with Gasteiger partial charge in [-0.15, -0.1) is 10.2 Å². The maximum absolute atomic E-state index is 11.7. The minimum atomic E-state index is -0.0215. The van der Waals surface area contributed by atoms with Crippen LogP contribution in [0, 0.1) is 5.92 Å². The van der Waals surface area contributed by atoms with Gasteiger partial charge in [-0.05, 0) is 12.8 Å². The van der Waals surface area contributed by atoms with Crippen molar-refractivity contribution in [3.8, 4) is 0 Å². The molecule has 5 nitrogen and oxygen atoms in total. The van der Waals surface area contributed by atoms with E-state index in [4.69, 9.17) is 23.2 Å². The van der Waals surface area contributed by atoms with Crippen molar-refractivity contribution >= 4 is 34.8 Å². The summed E-state index contributed by atoms with van der Waals surface area (Å²) in [5.41, 5.74) is 0.741. The number of nitrogens with zero attached hydrogens (tertiary/aromatic N) is 3. The van der Waals surface area contributed by atoms with Crippen molar-refractivity contribution in [1.29, 1.82) is 0 Å². The fourth-order valence-corrected chi connectivity index (χ4v) is 2.53. The van der Waals surface area contributed by atoms with Crippen LogP contribution in [0.3, 0.4) is 0 Å². The SMILES string of the molecule is CNC(=O)C1CCCN(c2cc(Cl)nnc2Cl)C1. The third-order valence-electron chi connectivity index (χ3n) is 3.08. The van der Waals surface area contributed by atoms with E-state index in [1.165, 1.54) is 0 Å². The largest absolute Gasteiger partial charge is 0.368 e. The molecular weight excluding hydrogens is 275 g/mol. The third-order valence-corrected chi connectivity index (χ3v) is 3.53. The van der Waals surface area contributed by atoms with Gasteiger partial charge < -0.3 is 10.2 Å². The molecule has 0 aliphatic carbocycles. The molecule has 1 unspecified atom stereocenters. The zero-order chi connectivity index (χ0) is 13.1. The summed E-state index contributed by atoms with van der Waals surface area (Å²) >= 11 is 11.8. The summed E-state index contributed by atoms with van der Waals surface area (Å²) in [7, 11) is 1.65. The molecule has 1 aliphatic rings. The van der Waals surface area contributed by atoms with Gasteiger partial charge in [0.25, 0.3) is 0 Å². The van der Waals surface area contributed by atoms with E-state index < -0.39 is 0 Å². The molecule has 2 rings (SSSR count). The van der Waals surface area contributed by atoms with Crippen molar-refractivity contribution in [3.63, 3.8) is 0 Å². The monoisotopic (exact) mass is 288 g/mol. The van der Waals surface area contributed by atoms with E-state index in [9.17, 15) is 4.79 Å². The molecule has 0 spiro atoms. The number of piperidine rings is 1. The van der Waals surface area contributed by atoms with E-state index in [0.717, 1.165) is 25.1 Å². The van der Waals surface area contributed by atoms with Gasteiger partial charge in [0.2, 0.25) is 5.91 Å². The number of rotatable bonds is 2. The van der Waals surface area contributed by atoms with Crippen LogP contribution in [0.5, 0.6) is 0 Å². The van der Waals surface area contributed by atoms with Crippen LogP contribution >= 0.6 is 23.2 Å². The maximum atomic E-state index is 11.7. The van der Waals surface area contributed by atoms with Crippen molar-refractivity contribution < 1.29 is 4.79 Å². The Hall–Kier alpha value is -1.07. The maximum Gasteiger partial charge on any atom is 0.224 e. The van der Waals surface area contributed by atoms with Gasteiger partial charge in [-0.2, -0.15) is 0 Å². The standard InChI is InChI=1S/C11H14Cl2N4O/c1-14-11(18)7-3-2-4-17(6-7)8-5-9(12)15-16-10(8)13/h5,7H,2-4,6H2,1H3,(H,14,18). The molecule has 0 radical (unpaired) electrons. The number of carbonyl (C=O) groups excluding carboxylic acids is 1. The number of hydrogen-bond donors (Lipinski definition) is 1. The fraction of sp³-hybridized carbons (Fsp3) is 0.545. The normalized spacial score (nSPS) is 19.7. The summed E-state index contributed by atoms with van der Waals surface area (Å²) in [5.74, 6) is 0.0377. The molecule has 18 heavy (non-hydrogen) atoms. The second kappa shape index (κ2) is 5.71. The average Bonchev–Trinajstić information content (AvgIpc) is 2.40. The molecule has 7 heteroatoms. The number of halogens is 2. The van der Waals surface area contributed by atoms with E-state index in [2.05, 4.69) is 15.5 Å². The Bertz CT molecular complexity index is 455. The van der Waals surface area contributed by atoms with Gasteiger partial charge in [0.05, 0.1) is 11.6 Å². The third kappa shape index (κ3) is 2.84. The highest BCUT2D eigenvalue weighted by Gasteiger charge is 2.26. The molecule has 1 aromatic heterocycles. The molecule has 98 valence electrons. The Kier molecular flexibility index (Phi) is 4.24. The lowest BCUT2D eigenvalue weighted by atomic mass is 9.97. The highest BCUT2D eigenvalue weighted by Crippen LogP contribution is 2.29. The van der Waals surface area contributed by atoms with Crippen LogP contribution in [0.2, 0.25) is 10.3 Å². The van der Waals surface area contributed by atoms with Crippen LogP contribution < -0.4 is 10.2 Å². The van der Waals surface area contributed by atoms with Crippen LogP contribution in [-0.2, 0) is 4.79 Å². The predicted octanol–water partition coefficient (Wildman–Crippen LogP) is 1.75. The van der Waals surface area contributed by atoms with Gasteiger partial charge in [-0.1, -0.05) is 23.2 Å². The number of nitrogens with one attached hydrogen (secondary N) is 1. The molecular formula is C11H14Cl2N4O. The first-order valence-electron chi connectivity index (χ1n) is 5.77. The van der Waals surface area contributed by atoms with Crippen LogP contribution in [-0.4, -0.2) is 36.2 Å². The van der Waals surface area contributed by atoms with E-state index >= 15 is 0 Å². The van der Waals surface area contributed by atoms with E-state index in [1.807, 2.05) is 4.90 Å². The summed E-state index contributed by atoms with van der Waals surface area (Å²) < 4.78 is 0. The molecule has 1 N–H and O–H groups in total. The van der Waals surface area contributed by atoms with Gasteiger partial charge in [0.15, 0.2) is 10.3 Å². The van der Waals surface area contributed by atoms with Gasteiger partial charge in [-0.3, -0.25) is 4.79 Å². The Balaban J connectivity index is 2.18. The first kappa shape index (κ1) is 13.4. The first-order valence-corrected chi connectivity index (χ1v) is 6.52. The van der Waals surface area contributed by atoms with Gasteiger partial charge in [0.1, 0.15) is 0 Å². The van der Waals surface area contributed by atoms with Crippen LogP contribution in [0.4, 0.5) is 5.69 Å². The molecule has 1 saturated heterocycles. The Morgan fingerprint density at radius 2 is 2.28 bits per heavy atom. The molecule has 0 bridgehead atoms. The molecule has 0 saturated carbocycles. The number of hydrogen-bond acceptors (Lipinski definition) is 4. The zero-order valence-corrected chi connectivity index (χ0v) is 11.5. The van der Waals surface area contributed by atoms with Crippen molar-refractivity contribution in [2.24, 2.45) is 5.92 Å². The Labute approximate surface area is 115 Å². The molecule has 1 aliphatic heterocycles.